The van der Waals surface area contributed by atoms with Crippen molar-refractivity contribution in [2.45, 2.75) is 79.7 Å². The van der Waals surface area contributed by atoms with E-state index in [0.717, 1.165) is 5.92 Å². The predicted octanol–water partition coefficient (Wildman–Crippen LogP) is 4.60. The summed E-state index contributed by atoms with van der Waals surface area (Å²) in [5.41, 5.74) is 7.31. The topological polar surface area (TPSA) is 26.0 Å². The van der Waals surface area contributed by atoms with Crippen molar-refractivity contribution in [2.24, 2.45) is 28.4 Å². The van der Waals surface area contributed by atoms with Crippen molar-refractivity contribution < 1.29 is 0 Å². The zero-order valence-corrected chi connectivity index (χ0v) is 12.8. The highest BCUT2D eigenvalue weighted by atomic mass is 14.7. The summed E-state index contributed by atoms with van der Waals surface area (Å²) < 4.78 is 0. The SMILES string of the molecule is CCC(C)(C)C1CCCC(N)C1C(C)(C)CC. The normalized spacial score (nSPS) is 31.6. The Morgan fingerprint density at radius 3 is 1.94 bits per heavy atom. The van der Waals surface area contributed by atoms with Crippen LogP contribution in [0.2, 0.25) is 0 Å². The third-order valence-electron chi connectivity index (χ3n) is 5.68. The van der Waals surface area contributed by atoms with Crippen LogP contribution < -0.4 is 5.73 Å². The Labute approximate surface area is 109 Å². The molecule has 0 heterocycles. The van der Waals surface area contributed by atoms with Crippen LogP contribution in [0.4, 0.5) is 0 Å². The van der Waals surface area contributed by atoms with Crippen LogP contribution in [-0.2, 0) is 0 Å². The van der Waals surface area contributed by atoms with E-state index in [4.69, 9.17) is 5.73 Å². The Morgan fingerprint density at radius 1 is 0.941 bits per heavy atom. The Balaban J connectivity index is 3.00. The fraction of sp³-hybridized carbons (Fsp3) is 1.00. The molecular formula is C16H33N. The number of hydrogen-bond donors (Lipinski definition) is 1. The monoisotopic (exact) mass is 239 g/mol. The van der Waals surface area contributed by atoms with Gasteiger partial charge in [-0.3, -0.25) is 0 Å². The van der Waals surface area contributed by atoms with Gasteiger partial charge >= 0.3 is 0 Å². The summed E-state index contributed by atoms with van der Waals surface area (Å²) in [6.07, 6.45) is 6.43. The quantitative estimate of drug-likeness (QED) is 0.762. The molecule has 1 heteroatoms. The first kappa shape index (κ1) is 15.0. The van der Waals surface area contributed by atoms with E-state index in [2.05, 4.69) is 41.5 Å². The van der Waals surface area contributed by atoms with Crippen molar-refractivity contribution in [1.29, 1.82) is 0 Å². The average Bonchev–Trinajstić information content (AvgIpc) is 2.28. The minimum absolute atomic E-state index is 0.386. The van der Waals surface area contributed by atoms with Crippen molar-refractivity contribution in [2.75, 3.05) is 0 Å². The average molecular weight is 239 g/mol. The number of hydrogen-bond acceptors (Lipinski definition) is 1. The standard InChI is InChI=1S/C16H33N/c1-7-15(3,4)12-10-9-11-13(17)14(12)16(5,6)8-2/h12-14H,7-11,17H2,1-6H3. The number of rotatable bonds is 4. The third kappa shape index (κ3) is 3.05. The molecule has 0 spiro atoms. The summed E-state index contributed by atoms with van der Waals surface area (Å²) in [6, 6.07) is 0.412. The molecule has 0 aliphatic heterocycles. The lowest BCUT2D eigenvalue weighted by Crippen LogP contribution is -2.50. The van der Waals surface area contributed by atoms with Gasteiger partial charge in [0.05, 0.1) is 0 Å². The minimum Gasteiger partial charge on any atom is -0.327 e. The first-order chi connectivity index (χ1) is 7.76. The first-order valence-electron chi connectivity index (χ1n) is 7.52. The maximum absolute atomic E-state index is 6.48. The van der Waals surface area contributed by atoms with Gasteiger partial charge in [0.25, 0.3) is 0 Å². The molecule has 3 unspecified atom stereocenters. The fourth-order valence-corrected chi connectivity index (χ4v) is 3.73. The molecule has 1 nitrogen and oxygen atoms in total. The third-order valence-corrected chi connectivity index (χ3v) is 5.68. The molecule has 3 atom stereocenters. The van der Waals surface area contributed by atoms with Crippen molar-refractivity contribution in [3.05, 3.63) is 0 Å². The predicted molar refractivity (Wildman–Crippen MR) is 77.0 cm³/mol. The van der Waals surface area contributed by atoms with Gasteiger partial charge in [0.2, 0.25) is 0 Å². The molecule has 1 rings (SSSR count). The second-order valence-electron chi connectivity index (χ2n) is 7.41. The van der Waals surface area contributed by atoms with Gasteiger partial charge in [-0.25, -0.2) is 0 Å². The molecule has 0 aromatic heterocycles. The maximum atomic E-state index is 6.48. The molecule has 0 saturated heterocycles. The van der Waals surface area contributed by atoms with Crippen LogP contribution in [0, 0.1) is 22.7 Å². The lowest BCUT2D eigenvalue weighted by Gasteiger charge is -2.51. The van der Waals surface area contributed by atoms with E-state index >= 15 is 0 Å². The highest BCUT2D eigenvalue weighted by Gasteiger charge is 2.45. The molecule has 1 aliphatic rings. The molecule has 2 N–H and O–H groups in total. The fourth-order valence-electron chi connectivity index (χ4n) is 3.73. The van der Waals surface area contributed by atoms with Gasteiger partial charge in [-0.1, -0.05) is 60.8 Å². The summed E-state index contributed by atoms with van der Waals surface area (Å²) >= 11 is 0. The van der Waals surface area contributed by atoms with Gasteiger partial charge in [-0.05, 0) is 35.5 Å². The van der Waals surface area contributed by atoms with E-state index in [-0.39, 0.29) is 0 Å². The zero-order chi connectivity index (χ0) is 13.3. The van der Waals surface area contributed by atoms with Gasteiger partial charge in [-0.2, -0.15) is 0 Å². The van der Waals surface area contributed by atoms with Crippen LogP contribution in [-0.4, -0.2) is 6.04 Å². The van der Waals surface area contributed by atoms with Crippen molar-refractivity contribution in [3.63, 3.8) is 0 Å². The minimum atomic E-state index is 0.386. The smallest absolute Gasteiger partial charge is 0.00751 e. The summed E-state index contributed by atoms with van der Waals surface area (Å²) in [6.45, 7) is 14.4. The molecule has 0 amide bonds. The van der Waals surface area contributed by atoms with Gasteiger partial charge in [-0.15, -0.1) is 0 Å². The van der Waals surface area contributed by atoms with Crippen LogP contribution in [0.25, 0.3) is 0 Å². The molecule has 1 aliphatic carbocycles. The van der Waals surface area contributed by atoms with Crippen LogP contribution in [0.15, 0.2) is 0 Å². The number of nitrogens with two attached hydrogens (primary N) is 1. The van der Waals surface area contributed by atoms with E-state index < -0.39 is 0 Å². The largest absolute Gasteiger partial charge is 0.327 e. The highest BCUT2D eigenvalue weighted by Crippen LogP contribution is 2.51. The molecule has 1 fully saturated rings. The second-order valence-corrected chi connectivity index (χ2v) is 7.41. The molecular weight excluding hydrogens is 206 g/mol. The lowest BCUT2D eigenvalue weighted by atomic mass is 9.55. The van der Waals surface area contributed by atoms with Gasteiger partial charge in [0.1, 0.15) is 0 Å². The van der Waals surface area contributed by atoms with Gasteiger partial charge < -0.3 is 5.73 Å². The Hall–Kier alpha value is -0.0400. The summed E-state index contributed by atoms with van der Waals surface area (Å²) in [5.74, 6) is 1.49. The van der Waals surface area contributed by atoms with E-state index in [1.807, 2.05) is 0 Å². The Kier molecular flexibility index (Phi) is 4.68. The van der Waals surface area contributed by atoms with Crippen LogP contribution in [0.1, 0.15) is 73.6 Å². The summed E-state index contributed by atoms with van der Waals surface area (Å²) in [4.78, 5) is 0. The van der Waals surface area contributed by atoms with E-state index in [0.29, 0.717) is 22.8 Å². The van der Waals surface area contributed by atoms with Crippen molar-refractivity contribution in [1.82, 2.24) is 0 Å². The molecule has 0 aromatic carbocycles. The van der Waals surface area contributed by atoms with Crippen molar-refractivity contribution in [3.8, 4) is 0 Å². The summed E-state index contributed by atoms with van der Waals surface area (Å²) in [7, 11) is 0. The molecule has 0 bridgehead atoms. The Bertz CT molecular complexity index is 242. The van der Waals surface area contributed by atoms with Crippen LogP contribution in [0.5, 0.6) is 0 Å². The van der Waals surface area contributed by atoms with Crippen molar-refractivity contribution >= 4 is 0 Å². The highest BCUT2D eigenvalue weighted by molar-refractivity contribution is 4.97. The maximum Gasteiger partial charge on any atom is 0.00751 e. The van der Waals surface area contributed by atoms with E-state index in [1.165, 1.54) is 32.1 Å². The Morgan fingerprint density at radius 2 is 1.47 bits per heavy atom. The van der Waals surface area contributed by atoms with E-state index in [9.17, 15) is 0 Å². The second kappa shape index (κ2) is 5.30. The first-order valence-corrected chi connectivity index (χ1v) is 7.52. The molecule has 1 saturated carbocycles. The summed E-state index contributed by atoms with van der Waals surface area (Å²) in [5, 5.41) is 0. The zero-order valence-electron chi connectivity index (χ0n) is 12.8. The van der Waals surface area contributed by atoms with E-state index in [1.54, 1.807) is 0 Å². The molecule has 102 valence electrons. The van der Waals surface area contributed by atoms with Gasteiger partial charge in [0, 0.05) is 6.04 Å². The van der Waals surface area contributed by atoms with Crippen LogP contribution in [0.3, 0.4) is 0 Å². The van der Waals surface area contributed by atoms with Crippen LogP contribution >= 0.6 is 0 Å². The molecule has 0 radical (unpaired) electrons. The lowest BCUT2D eigenvalue weighted by molar-refractivity contribution is -0.00230. The molecule has 0 aromatic rings. The molecule has 17 heavy (non-hydrogen) atoms. The van der Waals surface area contributed by atoms with Gasteiger partial charge in [0.15, 0.2) is 0 Å².